The number of carbonyl (C=O) groups is 3. The Bertz CT molecular complexity index is 767. The van der Waals surface area contributed by atoms with Crippen molar-refractivity contribution in [1.82, 2.24) is 15.2 Å². The van der Waals surface area contributed by atoms with Crippen molar-refractivity contribution >= 4 is 34.2 Å². The molecule has 0 radical (unpaired) electrons. The van der Waals surface area contributed by atoms with Gasteiger partial charge in [0.2, 0.25) is 5.91 Å². The molecule has 124 valence electrons. The first kappa shape index (κ1) is 16.1. The molecule has 0 saturated carbocycles. The first-order valence-corrected chi connectivity index (χ1v) is 8.32. The minimum absolute atomic E-state index is 0.0640. The van der Waals surface area contributed by atoms with E-state index < -0.39 is 0 Å². The van der Waals surface area contributed by atoms with Crippen LogP contribution in [0.25, 0.3) is 0 Å². The topological polar surface area (TPSA) is 91.4 Å². The van der Waals surface area contributed by atoms with Gasteiger partial charge in [-0.15, -0.1) is 11.3 Å². The number of thiazole rings is 1. The van der Waals surface area contributed by atoms with E-state index in [-0.39, 0.29) is 30.7 Å². The number of hydrogen-bond donors (Lipinski definition) is 2. The van der Waals surface area contributed by atoms with Crippen LogP contribution in [-0.4, -0.2) is 41.2 Å². The molecule has 2 heterocycles. The molecule has 3 rings (SSSR count). The molecular formula is C16H16N4O3S. The zero-order chi connectivity index (χ0) is 17.1. The number of benzene rings is 1. The summed E-state index contributed by atoms with van der Waals surface area (Å²) < 4.78 is 0. The zero-order valence-corrected chi connectivity index (χ0v) is 13.9. The number of nitrogens with one attached hydrogen (secondary N) is 2. The Hall–Kier alpha value is -2.74. The average molecular weight is 344 g/mol. The van der Waals surface area contributed by atoms with E-state index in [1.165, 1.54) is 11.3 Å². The molecule has 0 unspecified atom stereocenters. The lowest BCUT2D eigenvalue weighted by atomic mass is 10.1. The summed E-state index contributed by atoms with van der Waals surface area (Å²) in [4.78, 5) is 41.7. The number of aromatic nitrogens is 1. The smallest absolute Gasteiger partial charge is 0.261 e. The number of hydrogen-bond acceptors (Lipinski definition) is 6. The van der Waals surface area contributed by atoms with Gasteiger partial charge in [-0.25, -0.2) is 4.98 Å². The number of rotatable bonds is 6. The number of amides is 3. The Morgan fingerprint density at radius 2 is 1.88 bits per heavy atom. The molecule has 2 aromatic rings. The maximum absolute atomic E-state index is 12.2. The van der Waals surface area contributed by atoms with Crippen molar-refractivity contribution in [3.63, 3.8) is 0 Å². The second kappa shape index (κ2) is 6.79. The van der Waals surface area contributed by atoms with Gasteiger partial charge in [0.25, 0.3) is 11.8 Å². The zero-order valence-electron chi connectivity index (χ0n) is 13.0. The highest BCUT2D eigenvalue weighted by Crippen LogP contribution is 2.22. The third-order valence-electron chi connectivity index (χ3n) is 3.67. The molecule has 3 amide bonds. The summed E-state index contributed by atoms with van der Waals surface area (Å²) in [5, 5.41) is 8.31. The van der Waals surface area contributed by atoms with Crippen LogP contribution in [0.5, 0.6) is 0 Å². The molecule has 0 spiro atoms. The van der Waals surface area contributed by atoms with Crippen molar-refractivity contribution in [1.29, 1.82) is 0 Å². The van der Waals surface area contributed by atoms with Crippen molar-refractivity contribution in [3.05, 3.63) is 46.5 Å². The van der Waals surface area contributed by atoms with Gasteiger partial charge in [-0.1, -0.05) is 12.1 Å². The Kier molecular flexibility index (Phi) is 4.57. The summed E-state index contributed by atoms with van der Waals surface area (Å²) in [6.45, 7) is 0.385. The van der Waals surface area contributed by atoms with E-state index in [1.807, 2.05) is 5.38 Å². The highest BCUT2D eigenvalue weighted by molar-refractivity contribution is 7.13. The van der Waals surface area contributed by atoms with Crippen molar-refractivity contribution in [2.24, 2.45) is 0 Å². The summed E-state index contributed by atoms with van der Waals surface area (Å²) in [6, 6.07) is 6.68. The van der Waals surface area contributed by atoms with E-state index in [2.05, 4.69) is 15.6 Å². The number of imide groups is 1. The molecular weight excluding hydrogens is 328 g/mol. The summed E-state index contributed by atoms with van der Waals surface area (Å²) >= 11 is 1.46. The Balaban J connectivity index is 1.52. The first-order valence-electron chi connectivity index (χ1n) is 7.44. The predicted octanol–water partition coefficient (Wildman–Crippen LogP) is 1.49. The van der Waals surface area contributed by atoms with Gasteiger partial charge < -0.3 is 10.6 Å². The standard InChI is InChI=1S/C16H16N4O3S/c1-17-16-19-10(9-24-16)8-18-13(21)6-7-20-14(22)11-4-2-3-5-12(11)15(20)23/h2-5,9H,6-8H2,1H3,(H,17,19)(H,18,21). The normalized spacial score (nSPS) is 13.1. The van der Waals surface area contributed by atoms with E-state index in [1.54, 1.807) is 31.3 Å². The second-order valence-electron chi connectivity index (χ2n) is 5.23. The molecule has 0 fully saturated rings. The molecule has 7 nitrogen and oxygen atoms in total. The molecule has 0 bridgehead atoms. The van der Waals surface area contributed by atoms with Crippen LogP contribution in [0.4, 0.5) is 5.13 Å². The third kappa shape index (κ3) is 3.13. The highest BCUT2D eigenvalue weighted by atomic mass is 32.1. The van der Waals surface area contributed by atoms with Crippen LogP contribution in [0.1, 0.15) is 32.8 Å². The molecule has 2 N–H and O–H groups in total. The molecule has 1 aliphatic rings. The summed E-state index contributed by atoms with van der Waals surface area (Å²) in [5.41, 5.74) is 1.55. The molecule has 1 aromatic heterocycles. The molecule has 1 aliphatic heterocycles. The molecule has 0 aliphatic carbocycles. The van der Waals surface area contributed by atoms with E-state index in [0.29, 0.717) is 17.7 Å². The van der Waals surface area contributed by atoms with Crippen molar-refractivity contribution in [2.45, 2.75) is 13.0 Å². The molecule has 0 atom stereocenters. The summed E-state index contributed by atoms with van der Waals surface area (Å²) in [5.74, 6) is -0.923. The maximum Gasteiger partial charge on any atom is 0.261 e. The number of anilines is 1. The Morgan fingerprint density at radius 3 is 2.46 bits per heavy atom. The fourth-order valence-corrected chi connectivity index (χ4v) is 3.11. The molecule has 1 aromatic carbocycles. The van der Waals surface area contributed by atoms with Gasteiger partial charge >= 0.3 is 0 Å². The SMILES string of the molecule is CNc1nc(CNC(=O)CCN2C(=O)c3ccccc3C2=O)cs1. The monoisotopic (exact) mass is 344 g/mol. The summed E-state index contributed by atoms with van der Waals surface area (Å²) in [7, 11) is 1.78. The van der Waals surface area contributed by atoms with Crippen LogP contribution < -0.4 is 10.6 Å². The van der Waals surface area contributed by atoms with E-state index in [0.717, 1.165) is 15.7 Å². The fraction of sp³-hybridized carbons (Fsp3) is 0.250. The number of carbonyl (C=O) groups excluding carboxylic acids is 3. The van der Waals surface area contributed by atoms with Crippen LogP contribution >= 0.6 is 11.3 Å². The van der Waals surface area contributed by atoms with Crippen LogP contribution in [0.15, 0.2) is 29.6 Å². The van der Waals surface area contributed by atoms with E-state index in [9.17, 15) is 14.4 Å². The predicted molar refractivity (Wildman–Crippen MR) is 89.9 cm³/mol. The molecule has 8 heteroatoms. The summed E-state index contributed by atoms with van der Waals surface area (Å²) in [6.07, 6.45) is 0.0640. The lowest BCUT2D eigenvalue weighted by molar-refractivity contribution is -0.121. The first-order chi connectivity index (χ1) is 11.6. The van der Waals surface area contributed by atoms with Crippen LogP contribution in [0.2, 0.25) is 0 Å². The quantitative estimate of drug-likeness (QED) is 0.775. The van der Waals surface area contributed by atoms with Gasteiger partial charge in [0.15, 0.2) is 5.13 Å². The maximum atomic E-state index is 12.2. The lowest BCUT2D eigenvalue weighted by Crippen LogP contribution is -2.34. The van der Waals surface area contributed by atoms with Gasteiger partial charge in [0.05, 0.1) is 23.4 Å². The molecule has 24 heavy (non-hydrogen) atoms. The largest absolute Gasteiger partial charge is 0.365 e. The molecule has 0 saturated heterocycles. The lowest BCUT2D eigenvalue weighted by Gasteiger charge is -2.13. The van der Waals surface area contributed by atoms with Crippen molar-refractivity contribution < 1.29 is 14.4 Å². The van der Waals surface area contributed by atoms with Crippen LogP contribution in [0.3, 0.4) is 0 Å². The fourth-order valence-electron chi connectivity index (χ4n) is 2.44. The Morgan fingerprint density at radius 1 is 1.21 bits per heavy atom. The van der Waals surface area contributed by atoms with Gasteiger partial charge in [-0.2, -0.15) is 0 Å². The van der Waals surface area contributed by atoms with Crippen molar-refractivity contribution in [3.8, 4) is 0 Å². The minimum Gasteiger partial charge on any atom is -0.365 e. The van der Waals surface area contributed by atoms with E-state index in [4.69, 9.17) is 0 Å². The van der Waals surface area contributed by atoms with Gasteiger partial charge in [0, 0.05) is 25.4 Å². The Labute approximate surface area is 142 Å². The van der Waals surface area contributed by atoms with Gasteiger partial charge in [0.1, 0.15) is 0 Å². The number of nitrogens with zero attached hydrogens (tertiary/aromatic N) is 2. The van der Waals surface area contributed by atoms with Crippen LogP contribution in [0, 0.1) is 0 Å². The average Bonchev–Trinajstić information content (AvgIpc) is 3.16. The van der Waals surface area contributed by atoms with Gasteiger partial charge in [-0.05, 0) is 12.1 Å². The number of fused-ring (bicyclic) bond motifs is 1. The van der Waals surface area contributed by atoms with Gasteiger partial charge in [-0.3, -0.25) is 19.3 Å². The van der Waals surface area contributed by atoms with Crippen LogP contribution in [-0.2, 0) is 11.3 Å². The highest BCUT2D eigenvalue weighted by Gasteiger charge is 2.34. The minimum atomic E-state index is -0.346. The van der Waals surface area contributed by atoms with E-state index >= 15 is 0 Å². The van der Waals surface area contributed by atoms with Crippen molar-refractivity contribution in [2.75, 3.05) is 18.9 Å². The third-order valence-corrected chi connectivity index (χ3v) is 4.58. The second-order valence-corrected chi connectivity index (χ2v) is 6.09.